The Balaban J connectivity index is 2.19. The van der Waals surface area contributed by atoms with Crippen LogP contribution in [0.4, 0.5) is 13.2 Å². The van der Waals surface area contributed by atoms with Crippen LogP contribution >= 0.6 is 0 Å². The number of hydrogen-bond donors (Lipinski definition) is 1. The minimum atomic E-state index is -0.722. The number of hydrogen-bond acceptors (Lipinski definition) is 2. The number of para-hydroxylation sites is 1. The largest absolute Gasteiger partial charge is 0.485 e. The summed E-state index contributed by atoms with van der Waals surface area (Å²) in [4.78, 5) is 0. The summed E-state index contributed by atoms with van der Waals surface area (Å²) in [6.07, 6.45) is 0.443. The number of rotatable bonds is 5. The third-order valence-corrected chi connectivity index (χ3v) is 2.98. The van der Waals surface area contributed by atoms with Crippen molar-refractivity contribution in [2.75, 3.05) is 0 Å². The third kappa shape index (κ3) is 3.98. The van der Waals surface area contributed by atoms with Gasteiger partial charge >= 0.3 is 0 Å². The van der Waals surface area contributed by atoms with E-state index in [-0.39, 0.29) is 24.0 Å². The topological polar surface area (TPSA) is 35.2 Å². The third-order valence-electron chi connectivity index (χ3n) is 2.98. The molecule has 21 heavy (non-hydrogen) atoms. The monoisotopic (exact) mass is 295 g/mol. The Labute approximate surface area is 121 Å². The fraction of sp³-hybridized carbons (Fsp3) is 0.250. The molecule has 0 heterocycles. The standard InChI is InChI=1S/C16H16F3NO/c1-10(20)7-11-3-2-4-14(18)16(11)21-9-12-5-6-13(17)8-15(12)19/h2-6,8,10H,7,9,20H2,1H3. The first-order chi connectivity index (χ1) is 9.97. The van der Waals surface area contributed by atoms with E-state index in [1.165, 1.54) is 12.1 Å². The minimum Gasteiger partial charge on any atom is -0.485 e. The summed E-state index contributed by atoms with van der Waals surface area (Å²) < 4.78 is 45.6. The molecule has 2 rings (SSSR count). The zero-order valence-corrected chi connectivity index (χ0v) is 11.6. The molecule has 2 nitrogen and oxygen atoms in total. The molecular formula is C16H16F3NO. The molecule has 0 aliphatic rings. The average molecular weight is 295 g/mol. The van der Waals surface area contributed by atoms with E-state index in [0.717, 1.165) is 12.1 Å². The molecule has 0 fully saturated rings. The molecule has 0 bridgehead atoms. The lowest BCUT2D eigenvalue weighted by atomic mass is 10.1. The Kier molecular flexibility index (Phi) is 4.85. The maximum atomic E-state index is 13.8. The zero-order chi connectivity index (χ0) is 15.4. The molecule has 2 aromatic carbocycles. The van der Waals surface area contributed by atoms with E-state index in [2.05, 4.69) is 0 Å². The molecular weight excluding hydrogens is 279 g/mol. The highest BCUT2D eigenvalue weighted by atomic mass is 19.1. The summed E-state index contributed by atoms with van der Waals surface area (Å²) in [7, 11) is 0. The smallest absolute Gasteiger partial charge is 0.165 e. The molecule has 0 aliphatic carbocycles. The van der Waals surface area contributed by atoms with E-state index in [9.17, 15) is 13.2 Å². The SMILES string of the molecule is CC(N)Cc1cccc(F)c1OCc1ccc(F)cc1F. The van der Waals surface area contributed by atoms with Gasteiger partial charge in [-0.05, 0) is 37.1 Å². The van der Waals surface area contributed by atoms with Gasteiger partial charge in [0.05, 0.1) is 0 Å². The van der Waals surface area contributed by atoms with Crippen LogP contribution in [-0.2, 0) is 13.0 Å². The van der Waals surface area contributed by atoms with Crippen molar-refractivity contribution in [1.29, 1.82) is 0 Å². The first-order valence-corrected chi connectivity index (χ1v) is 6.57. The maximum absolute atomic E-state index is 13.8. The molecule has 1 atom stereocenters. The second-order valence-electron chi connectivity index (χ2n) is 4.93. The Bertz CT molecular complexity index is 629. The van der Waals surface area contributed by atoms with E-state index in [1.807, 2.05) is 0 Å². The van der Waals surface area contributed by atoms with Crippen LogP contribution in [0, 0.1) is 17.5 Å². The summed E-state index contributed by atoms with van der Waals surface area (Å²) in [6.45, 7) is 1.62. The van der Waals surface area contributed by atoms with Crippen molar-refractivity contribution in [3.05, 3.63) is 65.0 Å². The van der Waals surface area contributed by atoms with E-state index >= 15 is 0 Å². The highest BCUT2D eigenvalue weighted by molar-refractivity contribution is 5.36. The highest BCUT2D eigenvalue weighted by Gasteiger charge is 2.13. The maximum Gasteiger partial charge on any atom is 0.165 e. The van der Waals surface area contributed by atoms with E-state index < -0.39 is 17.5 Å². The van der Waals surface area contributed by atoms with Crippen molar-refractivity contribution < 1.29 is 17.9 Å². The summed E-state index contributed by atoms with van der Waals surface area (Å²) in [6, 6.07) is 7.56. The average Bonchev–Trinajstić information content (AvgIpc) is 2.39. The van der Waals surface area contributed by atoms with E-state index in [1.54, 1.807) is 19.1 Å². The predicted molar refractivity (Wildman–Crippen MR) is 74.4 cm³/mol. The number of benzene rings is 2. The molecule has 5 heteroatoms. The molecule has 0 saturated heterocycles. The van der Waals surface area contributed by atoms with Crippen LogP contribution in [0.2, 0.25) is 0 Å². The van der Waals surface area contributed by atoms with Gasteiger partial charge in [-0.25, -0.2) is 13.2 Å². The molecule has 0 aromatic heterocycles. The lowest BCUT2D eigenvalue weighted by Crippen LogP contribution is -2.18. The van der Waals surface area contributed by atoms with Crippen molar-refractivity contribution in [2.45, 2.75) is 26.0 Å². The fourth-order valence-corrected chi connectivity index (χ4v) is 2.01. The van der Waals surface area contributed by atoms with Gasteiger partial charge in [0.1, 0.15) is 18.2 Å². The summed E-state index contributed by atoms with van der Waals surface area (Å²) in [5, 5.41) is 0. The Morgan fingerprint density at radius 1 is 1.05 bits per heavy atom. The van der Waals surface area contributed by atoms with Crippen molar-refractivity contribution in [1.82, 2.24) is 0 Å². The van der Waals surface area contributed by atoms with Crippen LogP contribution in [0.25, 0.3) is 0 Å². The Morgan fingerprint density at radius 2 is 1.81 bits per heavy atom. The molecule has 2 N–H and O–H groups in total. The van der Waals surface area contributed by atoms with Gasteiger partial charge in [-0.1, -0.05) is 12.1 Å². The molecule has 0 amide bonds. The zero-order valence-electron chi connectivity index (χ0n) is 11.6. The van der Waals surface area contributed by atoms with Gasteiger partial charge in [-0.15, -0.1) is 0 Å². The van der Waals surface area contributed by atoms with Crippen LogP contribution in [0.3, 0.4) is 0 Å². The minimum absolute atomic E-state index is 0.0542. The summed E-state index contributed by atoms with van der Waals surface area (Å²) in [5.74, 6) is -1.87. The van der Waals surface area contributed by atoms with Crippen LogP contribution in [0.5, 0.6) is 5.75 Å². The van der Waals surface area contributed by atoms with Crippen LogP contribution in [0.1, 0.15) is 18.1 Å². The van der Waals surface area contributed by atoms with Crippen LogP contribution in [-0.4, -0.2) is 6.04 Å². The van der Waals surface area contributed by atoms with Crippen LogP contribution in [0.15, 0.2) is 36.4 Å². The van der Waals surface area contributed by atoms with E-state index in [0.29, 0.717) is 12.0 Å². The van der Waals surface area contributed by atoms with Crippen molar-refractivity contribution in [3.8, 4) is 5.75 Å². The van der Waals surface area contributed by atoms with Crippen molar-refractivity contribution >= 4 is 0 Å². The quantitative estimate of drug-likeness (QED) is 0.915. The number of halogens is 3. The summed E-state index contributed by atoms with van der Waals surface area (Å²) >= 11 is 0. The Morgan fingerprint density at radius 3 is 2.48 bits per heavy atom. The summed E-state index contributed by atoms with van der Waals surface area (Å²) in [5.41, 5.74) is 6.49. The van der Waals surface area contributed by atoms with Gasteiger partial charge in [0.2, 0.25) is 0 Å². The molecule has 0 aliphatic heterocycles. The van der Waals surface area contributed by atoms with Crippen molar-refractivity contribution in [2.24, 2.45) is 5.73 Å². The van der Waals surface area contributed by atoms with Gasteiger partial charge in [0, 0.05) is 17.7 Å². The van der Waals surface area contributed by atoms with E-state index in [4.69, 9.17) is 10.5 Å². The van der Waals surface area contributed by atoms with Crippen molar-refractivity contribution in [3.63, 3.8) is 0 Å². The molecule has 2 aromatic rings. The molecule has 0 spiro atoms. The van der Waals surface area contributed by atoms with Gasteiger partial charge in [-0.2, -0.15) is 0 Å². The lowest BCUT2D eigenvalue weighted by Gasteiger charge is -2.14. The van der Waals surface area contributed by atoms with Crippen LogP contribution < -0.4 is 10.5 Å². The fourth-order valence-electron chi connectivity index (χ4n) is 2.01. The second kappa shape index (κ2) is 6.63. The number of nitrogens with two attached hydrogens (primary N) is 1. The molecule has 1 unspecified atom stereocenters. The first kappa shape index (κ1) is 15.4. The second-order valence-corrected chi connectivity index (χ2v) is 4.93. The normalized spacial score (nSPS) is 12.2. The molecule has 0 saturated carbocycles. The first-order valence-electron chi connectivity index (χ1n) is 6.57. The number of ether oxygens (including phenoxy) is 1. The van der Waals surface area contributed by atoms with Gasteiger partial charge in [0.25, 0.3) is 0 Å². The molecule has 112 valence electrons. The van der Waals surface area contributed by atoms with Gasteiger partial charge < -0.3 is 10.5 Å². The van der Waals surface area contributed by atoms with Gasteiger partial charge in [0.15, 0.2) is 11.6 Å². The predicted octanol–water partition coefficient (Wildman–Crippen LogP) is 3.57. The molecule has 0 radical (unpaired) electrons. The highest BCUT2D eigenvalue weighted by Crippen LogP contribution is 2.25. The lowest BCUT2D eigenvalue weighted by molar-refractivity contribution is 0.280. The van der Waals surface area contributed by atoms with Gasteiger partial charge in [-0.3, -0.25) is 0 Å². The Hall–Kier alpha value is -2.01.